The zero-order chi connectivity index (χ0) is 22.2. The van der Waals surface area contributed by atoms with Gasteiger partial charge in [-0.25, -0.2) is 13.1 Å². The van der Waals surface area contributed by atoms with E-state index >= 15 is 0 Å². The third kappa shape index (κ3) is 4.53. The van der Waals surface area contributed by atoms with E-state index in [0.717, 1.165) is 32.2 Å². The lowest BCUT2D eigenvalue weighted by molar-refractivity contribution is 0.0972. The molecule has 1 aliphatic heterocycles. The maximum Gasteiger partial charge on any atom is 0.282 e. The van der Waals surface area contributed by atoms with Gasteiger partial charge in [0.05, 0.1) is 6.26 Å². The topological polar surface area (TPSA) is 113 Å². The van der Waals surface area contributed by atoms with Crippen LogP contribution in [0.15, 0.2) is 41.3 Å². The van der Waals surface area contributed by atoms with Crippen molar-refractivity contribution in [3.05, 3.63) is 57.6 Å². The molecule has 1 aromatic carbocycles. The number of H-pyrrole nitrogens is 1. The molecule has 1 saturated heterocycles. The summed E-state index contributed by atoms with van der Waals surface area (Å²) >= 11 is 6.26. The summed E-state index contributed by atoms with van der Waals surface area (Å²) in [5.74, 6) is -0.524. The van der Waals surface area contributed by atoms with E-state index in [1.807, 2.05) is 4.57 Å². The number of hydrogen-bond donors (Lipinski definition) is 3. The number of pyridine rings is 1. The Hall–Kier alpha value is -2.62. The Bertz CT molecular complexity index is 1310. The highest BCUT2D eigenvalue weighted by atomic mass is 35.5. The standard InChI is InChI=1S/C21H23ClN4O4S/c1-31(29,30)25-21(28)19-18(15-5-3-9-24-20(15)27)16-10-14(22)6-7-17(16)26(19)12-13-4-2-8-23-11-13/h3,5-7,9-10,13,23H,2,4,8,11-12H2,1H3,(H,24,27)(H,25,28). The van der Waals surface area contributed by atoms with Gasteiger partial charge < -0.3 is 14.9 Å². The smallest absolute Gasteiger partial charge is 0.282 e. The Morgan fingerprint density at radius 1 is 1.32 bits per heavy atom. The Morgan fingerprint density at radius 2 is 2.13 bits per heavy atom. The minimum Gasteiger partial charge on any atom is -0.336 e. The molecule has 3 aromatic rings. The minimum atomic E-state index is -3.81. The van der Waals surface area contributed by atoms with Gasteiger partial charge >= 0.3 is 0 Å². The van der Waals surface area contributed by atoms with Gasteiger partial charge in [-0.15, -0.1) is 0 Å². The molecular weight excluding hydrogens is 440 g/mol. The fourth-order valence-corrected chi connectivity index (χ4v) is 4.80. The van der Waals surface area contributed by atoms with Crippen molar-refractivity contribution in [2.24, 2.45) is 5.92 Å². The number of nitrogens with zero attached hydrogens (tertiary/aromatic N) is 1. The maximum atomic E-state index is 13.2. The van der Waals surface area contributed by atoms with Crippen LogP contribution in [0.4, 0.5) is 0 Å². The molecule has 0 bridgehead atoms. The van der Waals surface area contributed by atoms with Crippen LogP contribution in [0.2, 0.25) is 5.02 Å². The van der Waals surface area contributed by atoms with Crippen molar-refractivity contribution < 1.29 is 13.2 Å². The molecule has 164 valence electrons. The van der Waals surface area contributed by atoms with Crippen molar-refractivity contribution in [2.75, 3.05) is 19.3 Å². The van der Waals surface area contributed by atoms with Crippen molar-refractivity contribution in [1.82, 2.24) is 19.6 Å². The second-order valence-corrected chi connectivity index (χ2v) is 10.0. The third-order valence-electron chi connectivity index (χ3n) is 5.45. The Morgan fingerprint density at radius 3 is 2.81 bits per heavy atom. The fourth-order valence-electron chi connectivity index (χ4n) is 4.20. The van der Waals surface area contributed by atoms with Crippen LogP contribution < -0.4 is 15.6 Å². The van der Waals surface area contributed by atoms with Gasteiger partial charge in [-0.1, -0.05) is 11.6 Å². The number of nitrogens with one attached hydrogen (secondary N) is 3. The summed E-state index contributed by atoms with van der Waals surface area (Å²) in [5.41, 5.74) is 1.10. The fraction of sp³-hybridized carbons (Fsp3) is 0.333. The van der Waals surface area contributed by atoms with Gasteiger partial charge in [0.15, 0.2) is 0 Å². The van der Waals surface area contributed by atoms with E-state index in [1.165, 1.54) is 6.20 Å². The summed E-state index contributed by atoms with van der Waals surface area (Å²) in [7, 11) is -3.81. The Kier molecular flexibility index (Phi) is 5.92. The molecule has 0 spiro atoms. The van der Waals surface area contributed by atoms with Crippen LogP contribution in [0.5, 0.6) is 0 Å². The number of amides is 1. The lowest BCUT2D eigenvalue weighted by atomic mass is 9.99. The molecule has 1 amide bonds. The molecular formula is C21H23ClN4O4S. The molecule has 0 aliphatic carbocycles. The first-order chi connectivity index (χ1) is 14.7. The van der Waals surface area contributed by atoms with Crippen molar-refractivity contribution in [1.29, 1.82) is 0 Å². The van der Waals surface area contributed by atoms with Crippen molar-refractivity contribution in [3.8, 4) is 11.1 Å². The van der Waals surface area contributed by atoms with E-state index in [-0.39, 0.29) is 22.7 Å². The number of aromatic amines is 1. The molecule has 1 unspecified atom stereocenters. The number of fused-ring (bicyclic) bond motifs is 1. The largest absolute Gasteiger partial charge is 0.336 e. The van der Waals surface area contributed by atoms with Crippen LogP contribution in [-0.2, 0) is 16.6 Å². The third-order valence-corrected chi connectivity index (χ3v) is 6.24. The molecule has 2 aromatic heterocycles. The van der Waals surface area contributed by atoms with Crippen molar-refractivity contribution in [2.45, 2.75) is 19.4 Å². The first kappa shape index (κ1) is 21.6. The second-order valence-electron chi connectivity index (χ2n) is 7.82. The zero-order valence-electron chi connectivity index (χ0n) is 16.9. The molecule has 0 saturated carbocycles. The first-order valence-corrected chi connectivity index (χ1v) is 12.2. The van der Waals surface area contributed by atoms with E-state index in [0.29, 0.717) is 28.0 Å². The van der Waals surface area contributed by atoms with Crippen LogP contribution in [0.3, 0.4) is 0 Å². The van der Waals surface area contributed by atoms with Crippen LogP contribution in [0, 0.1) is 5.92 Å². The number of carbonyl (C=O) groups is 1. The lowest BCUT2D eigenvalue weighted by Gasteiger charge is -2.24. The van der Waals surface area contributed by atoms with Gasteiger partial charge in [0.2, 0.25) is 10.0 Å². The summed E-state index contributed by atoms with van der Waals surface area (Å²) in [6.07, 6.45) is 4.43. The number of rotatable bonds is 5. The lowest BCUT2D eigenvalue weighted by Crippen LogP contribution is -2.35. The van der Waals surface area contributed by atoms with Crippen LogP contribution in [-0.4, -0.2) is 43.2 Å². The molecule has 0 radical (unpaired) electrons. The number of carbonyl (C=O) groups excluding carboxylic acids is 1. The highest BCUT2D eigenvalue weighted by Crippen LogP contribution is 2.36. The number of sulfonamides is 1. The highest BCUT2D eigenvalue weighted by molar-refractivity contribution is 7.89. The van der Waals surface area contributed by atoms with E-state index in [9.17, 15) is 18.0 Å². The summed E-state index contributed by atoms with van der Waals surface area (Å²) in [6.45, 7) is 2.24. The number of piperidine rings is 1. The quantitative estimate of drug-likeness (QED) is 0.538. The molecule has 10 heteroatoms. The number of halogens is 1. The Labute approximate surface area is 184 Å². The van der Waals surface area contributed by atoms with Gasteiger partial charge in [0.25, 0.3) is 11.5 Å². The van der Waals surface area contributed by atoms with Crippen molar-refractivity contribution in [3.63, 3.8) is 0 Å². The van der Waals surface area contributed by atoms with Gasteiger partial charge in [-0.05, 0) is 62.2 Å². The maximum absolute atomic E-state index is 13.2. The summed E-state index contributed by atoms with van der Waals surface area (Å²) in [5, 5.41) is 4.43. The molecule has 3 N–H and O–H groups in total. The van der Waals surface area contributed by atoms with Crippen LogP contribution >= 0.6 is 11.6 Å². The molecule has 3 heterocycles. The van der Waals surface area contributed by atoms with Crippen LogP contribution in [0.1, 0.15) is 23.3 Å². The monoisotopic (exact) mass is 462 g/mol. The van der Waals surface area contributed by atoms with Crippen molar-refractivity contribution >= 4 is 38.4 Å². The van der Waals surface area contributed by atoms with E-state index in [4.69, 9.17) is 11.6 Å². The normalized spacial score (nSPS) is 17.0. The van der Waals surface area contributed by atoms with E-state index in [1.54, 1.807) is 30.3 Å². The first-order valence-electron chi connectivity index (χ1n) is 9.97. The minimum absolute atomic E-state index is 0.130. The predicted molar refractivity (Wildman–Crippen MR) is 121 cm³/mol. The molecule has 1 atom stereocenters. The molecule has 8 nitrogen and oxygen atoms in total. The number of aromatic nitrogens is 2. The predicted octanol–water partition coefficient (Wildman–Crippen LogP) is 2.34. The molecule has 1 fully saturated rings. The Balaban J connectivity index is 2.01. The molecule has 1 aliphatic rings. The SMILES string of the molecule is CS(=O)(=O)NC(=O)c1c(-c2ccc[nH]c2=O)c2cc(Cl)ccc2n1CC1CCCNC1. The average molecular weight is 463 g/mol. The van der Waals surface area contributed by atoms with Crippen LogP contribution in [0.25, 0.3) is 22.0 Å². The zero-order valence-corrected chi connectivity index (χ0v) is 18.5. The van der Waals surface area contributed by atoms with E-state index in [2.05, 4.69) is 15.0 Å². The summed E-state index contributed by atoms with van der Waals surface area (Å²) in [4.78, 5) is 28.5. The van der Waals surface area contributed by atoms with E-state index < -0.39 is 15.9 Å². The number of benzene rings is 1. The van der Waals surface area contributed by atoms with Gasteiger partial charge in [-0.3, -0.25) is 9.59 Å². The van der Waals surface area contributed by atoms with Gasteiger partial charge in [0, 0.05) is 39.8 Å². The van der Waals surface area contributed by atoms with Gasteiger partial charge in [-0.2, -0.15) is 0 Å². The van der Waals surface area contributed by atoms with Gasteiger partial charge in [0.1, 0.15) is 5.69 Å². The molecule has 31 heavy (non-hydrogen) atoms. The summed E-state index contributed by atoms with van der Waals surface area (Å²) < 4.78 is 27.6. The summed E-state index contributed by atoms with van der Waals surface area (Å²) in [6, 6.07) is 8.49. The number of hydrogen-bond acceptors (Lipinski definition) is 5. The molecule has 4 rings (SSSR count). The highest BCUT2D eigenvalue weighted by Gasteiger charge is 2.28. The average Bonchev–Trinajstić information content (AvgIpc) is 3.01. The second kappa shape index (κ2) is 8.49.